The van der Waals surface area contributed by atoms with Gasteiger partial charge in [0.2, 0.25) is 0 Å². The summed E-state index contributed by atoms with van der Waals surface area (Å²) in [6.07, 6.45) is 17.0. The van der Waals surface area contributed by atoms with E-state index in [9.17, 15) is 10.1 Å². The summed E-state index contributed by atoms with van der Waals surface area (Å²) in [5, 5.41) is 21.9. The lowest BCUT2D eigenvalue weighted by Gasteiger charge is -2.34. The number of amides is 1. The Morgan fingerprint density at radius 2 is 2.06 bits per heavy atom. The first-order chi connectivity index (χ1) is 17.3. The second-order valence-corrected chi connectivity index (χ2v) is 10.4. The molecule has 2 aromatic rings. The third-order valence-corrected chi connectivity index (χ3v) is 7.71. The number of hydrogen-bond acceptors (Lipinski definition) is 4. The summed E-state index contributed by atoms with van der Waals surface area (Å²) in [6.45, 7) is 2.49. The highest BCUT2D eigenvalue weighted by molar-refractivity contribution is 6.06. The van der Waals surface area contributed by atoms with Crippen molar-refractivity contribution in [2.75, 3.05) is 0 Å². The van der Waals surface area contributed by atoms with E-state index in [4.69, 9.17) is 16.9 Å². The fourth-order valence-corrected chi connectivity index (χ4v) is 5.60. The summed E-state index contributed by atoms with van der Waals surface area (Å²) < 4.78 is 1.92. The Labute approximate surface area is 211 Å². The molecule has 1 saturated carbocycles. The molecule has 1 aromatic carbocycles. The second kappa shape index (κ2) is 9.29. The van der Waals surface area contributed by atoms with Gasteiger partial charge in [0.15, 0.2) is 0 Å². The highest BCUT2D eigenvalue weighted by Crippen LogP contribution is 2.35. The zero-order valence-electron chi connectivity index (χ0n) is 20.6. The number of amidine groups is 1. The molecule has 1 aromatic heterocycles. The molecule has 0 radical (unpaired) electrons. The van der Waals surface area contributed by atoms with Gasteiger partial charge in [-0.1, -0.05) is 48.6 Å². The maximum Gasteiger partial charge on any atom is 0.269 e. The van der Waals surface area contributed by atoms with Crippen molar-refractivity contribution in [3.8, 4) is 6.07 Å². The van der Waals surface area contributed by atoms with Gasteiger partial charge in [0.1, 0.15) is 17.6 Å². The molecular formula is C29H32N6O. The average molecular weight is 481 g/mol. The van der Waals surface area contributed by atoms with E-state index in [-0.39, 0.29) is 23.3 Å². The summed E-state index contributed by atoms with van der Waals surface area (Å²) in [5.41, 5.74) is 16.2. The van der Waals surface area contributed by atoms with Gasteiger partial charge in [0, 0.05) is 35.0 Å². The van der Waals surface area contributed by atoms with E-state index in [0.29, 0.717) is 34.7 Å². The van der Waals surface area contributed by atoms with Gasteiger partial charge in [0.25, 0.3) is 5.91 Å². The van der Waals surface area contributed by atoms with E-state index in [1.807, 2.05) is 10.6 Å². The van der Waals surface area contributed by atoms with Crippen molar-refractivity contribution in [3.05, 3.63) is 82.6 Å². The van der Waals surface area contributed by atoms with Crippen molar-refractivity contribution < 1.29 is 4.79 Å². The van der Waals surface area contributed by atoms with Crippen LogP contribution in [0.4, 0.5) is 0 Å². The molecule has 7 nitrogen and oxygen atoms in total. The number of aromatic nitrogens is 1. The fraction of sp³-hybridized carbons (Fsp3) is 0.345. The van der Waals surface area contributed by atoms with E-state index >= 15 is 0 Å². The van der Waals surface area contributed by atoms with Crippen molar-refractivity contribution >= 4 is 22.6 Å². The van der Waals surface area contributed by atoms with Gasteiger partial charge in [-0.25, -0.2) is 0 Å². The second-order valence-electron chi connectivity index (χ2n) is 10.4. The number of carbonyl (C=O) groups is 1. The molecule has 0 bridgehead atoms. The molecule has 5 rings (SSSR count). The summed E-state index contributed by atoms with van der Waals surface area (Å²) in [7, 11) is 0. The molecule has 36 heavy (non-hydrogen) atoms. The van der Waals surface area contributed by atoms with Crippen molar-refractivity contribution in [2.24, 2.45) is 17.4 Å². The van der Waals surface area contributed by atoms with Crippen LogP contribution in [0.3, 0.4) is 0 Å². The molecule has 6 N–H and O–H groups in total. The van der Waals surface area contributed by atoms with Crippen LogP contribution in [0.1, 0.15) is 60.6 Å². The standard InChI is InChI=1S/C29H32N6O/c1-29(33)13-11-21(12-14-29)34-28(36)26-24(16-30)23-10-9-19(27(31)32)15-25(23)35(26)17-20-7-4-6-18-5-2-3-8-22(18)20/h2-4,6-10,15,18,21H,5,11-14,17,33H2,1H3,(H3,31,32)(H,34,36)/t18?,21-,29+. The highest BCUT2D eigenvalue weighted by Gasteiger charge is 2.31. The number of allylic oxidation sites excluding steroid dienone is 8. The number of nitrogen functional groups attached to an aromatic ring is 1. The number of hydrogen-bond donors (Lipinski definition) is 4. The number of carbonyl (C=O) groups excluding carboxylic acids is 1. The summed E-state index contributed by atoms with van der Waals surface area (Å²) in [5.74, 6) is 0.00473. The lowest BCUT2D eigenvalue weighted by atomic mass is 9.81. The summed E-state index contributed by atoms with van der Waals surface area (Å²) in [6, 6.07) is 7.64. The van der Waals surface area contributed by atoms with Gasteiger partial charge < -0.3 is 21.4 Å². The predicted octanol–water partition coefficient (Wildman–Crippen LogP) is 4.19. The molecule has 184 valence electrons. The van der Waals surface area contributed by atoms with Crippen LogP contribution >= 0.6 is 0 Å². The molecule has 0 aliphatic heterocycles. The minimum Gasteiger partial charge on any atom is -0.384 e. The minimum absolute atomic E-state index is 0.0207. The first kappa shape index (κ1) is 23.8. The van der Waals surface area contributed by atoms with Crippen molar-refractivity contribution in [1.29, 1.82) is 10.7 Å². The Kier molecular flexibility index (Phi) is 6.15. The van der Waals surface area contributed by atoms with E-state index in [2.05, 4.69) is 54.8 Å². The molecule has 7 heteroatoms. The number of rotatable bonds is 5. The van der Waals surface area contributed by atoms with E-state index in [0.717, 1.165) is 43.2 Å². The third-order valence-electron chi connectivity index (χ3n) is 7.71. The van der Waals surface area contributed by atoms with E-state index in [1.54, 1.807) is 12.1 Å². The number of nitriles is 1. The summed E-state index contributed by atoms with van der Waals surface area (Å²) in [4.78, 5) is 13.7. The van der Waals surface area contributed by atoms with Crippen LogP contribution in [0.2, 0.25) is 0 Å². The highest BCUT2D eigenvalue weighted by atomic mass is 16.2. The molecule has 1 heterocycles. The Bertz CT molecular complexity index is 1400. The smallest absolute Gasteiger partial charge is 0.269 e. The first-order valence-corrected chi connectivity index (χ1v) is 12.5. The van der Waals surface area contributed by atoms with Crippen LogP contribution in [0, 0.1) is 22.7 Å². The van der Waals surface area contributed by atoms with Gasteiger partial charge in [-0.05, 0) is 56.2 Å². The number of nitrogens with two attached hydrogens (primary N) is 2. The maximum atomic E-state index is 13.7. The van der Waals surface area contributed by atoms with Gasteiger partial charge in [-0.3, -0.25) is 10.2 Å². The normalized spacial score (nSPS) is 25.0. The topological polar surface area (TPSA) is 134 Å². The lowest BCUT2D eigenvalue weighted by Crippen LogP contribution is -2.46. The molecule has 1 unspecified atom stereocenters. The first-order valence-electron chi connectivity index (χ1n) is 12.5. The molecule has 3 aliphatic rings. The molecule has 3 aliphatic carbocycles. The van der Waals surface area contributed by atoms with Gasteiger partial charge in [-0.15, -0.1) is 0 Å². The SMILES string of the molecule is C[C@]1(N)CC[C@@H](NC(=O)c2c(C#N)c3ccc(C(=N)N)cc3n2CC2=CC=CC3CC=CC=C23)CC1. The van der Waals surface area contributed by atoms with Crippen LogP contribution in [0.25, 0.3) is 10.9 Å². The fourth-order valence-electron chi connectivity index (χ4n) is 5.60. The Morgan fingerprint density at radius 1 is 1.28 bits per heavy atom. The molecule has 0 saturated heterocycles. The monoisotopic (exact) mass is 480 g/mol. The minimum atomic E-state index is -0.251. The van der Waals surface area contributed by atoms with Crippen molar-refractivity contribution in [1.82, 2.24) is 9.88 Å². The number of benzene rings is 1. The van der Waals surface area contributed by atoms with Gasteiger partial charge >= 0.3 is 0 Å². The zero-order chi connectivity index (χ0) is 25.4. The third kappa shape index (κ3) is 4.40. The largest absolute Gasteiger partial charge is 0.384 e. The van der Waals surface area contributed by atoms with Crippen LogP contribution in [-0.2, 0) is 6.54 Å². The van der Waals surface area contributed by atoms with Crippen molar-refractivity contribution in [2.45, 2.75) is 57.2 Å². The van der Waals surface area contributed by atoms with Crippen LogP contribution in [0.15, 0.2) is 65.8 Å². The number of nitrogens with one attached hydrogen (secondary N) is 2. The molecule has 1 fully saturated rings. The quantitative estimate of drug-likeness (QED) is 0.377. The van der Waals surface area contributed by atoms with E-state index < -0.39 is 0 Å². The molecular weight excluding hydrogens is 448 g/mol. The Balaban J connectivity index is 1.59. The summed E-state index contributed by atoms with van der Waals surface area (Å²) >= 11 is 0. The molecule has 1 amide bonds. The van der Waals surface area contributed by atoms with Gasteiger partial charge in [-0.2, -0.15) is 5.26 Å². The van der Waals surface area contributed by atoms with Crippen molar-refractivity contribution in [3.63, 3.8) is 0 Å². The van der Waals surface area contributed by atoms with E-state index in [1.165, 1.54) is 5.57 Å². The lowest BCUT2D eigenvalue weighted by molar-refractivity contribution is 0.0910. The molecule has 1 atom stereocenters. The molecule has 0 spiro atoms. The average Bonchev–Trinajstić information content (AvgIpc) is 3.18. The number of nitrogens with zero attached hydrogens (tertiary/aromatic N) is 2. The number of fused-ring (bicyclic) bond motifs is 2. The van der Waals surface area contributed by atoms with Crippen LogP contribution < -0.4 is 16.8 Å². The van der Waals surface area contributed by atoms with Gasteiger partial charge in [0.05, 0.1) is 11.1 Å². The Hall–Kier alpha value is -3.89. The predicted molar refractivity (Wildman–Crippen MR) is 143 cm³/mol. The maximum absolute atomic E-state index is 13.7. The van der Waals surface area contributed by atoms with Crippen LogP contribution in [-0.4, -0.2) is 27.9 Å². The zero-order valence-corrected chi connectivity index (χ0v) is 20.6. The van der Waals surface area contributed by atoms with Crippen LogP contribution in [0.5, 0.6) is 0 Å². The Morgan fingerprint density at radius 3 is 2.78 bits per heavy atom.